The number of pyridine rings is 1. The van der Waals surface area contributed by atoms with Crippen molar-refractivity contribution in [3.05, 3.63) is 23.4 Å². The highest BCUT2D eigenvalue weighted by Crippen LogP contribution is 2.18. The van der Waals surface area contributed by atoms with E-state index < -0.39 is 0 Å². The second-order valence-corrected chi connectivity index (χ2v) is 5.39. The van der Waals surface area contributed by atoms with Crippen LogP contribution in [0.3, 0.4) is 0 Å². The van der Waals surface area contributed by atoms with Crippen LogP contribution < -0.4 is 11.3 Å². The lowest BCUT2D eigenvalue weighted by Crippen LogP contribution is -2.34. The molecule has 1 atom stereocenters. The fourth-order valence-corrected chi connectivity index (χ4v) is 2.50. The molecule has 0 radical (unpaired) electrons. The number of likely N-dealkylation sites (N-methyl/N-ethyl adjacent to an activating group) is 1. The van der Waals surface area contributed by atoms with Crippen molar-refractivity contribution in [3.63, 3.8) is 0 Å². The van der Waals surface area contributed by atoms with E-state index in [4.69, 9.17) is 5.84 Å². The lowest BCUT2D eigenvalue weighted by Gasteiger charge is -2.20. The minimum absolute atomic E-state index is 0.0583. The van der Waals surface area contributed by atoms with Crippen LogP contribution in [0.2, 0.25) is 0 Å². The summed E-state index contributed by atoms with van der Waals surface area (Å²) in [6, 6.07) is 4.01. The van der Waals surface area contributed by atoms with Gasteiger partial charge in [0.25, 0.3) is 5.91 Å². The number of hydrazine groups is 1. The lowest BCUT2D eigenvalue weighted by molar-refractivity contribution is 0.0783. The van der Waals surface area contributed by atoms with Crippen molar-refractivity contribution in [3.8, 4) is 0 Å². The topological polar surface area (TPSA) is 74.5 Å². The highest BCUT2D eigenvalue weighted by molar-refractivity contribution is 5.95. The van der Waals surface area contributed by atoms with Gasteiger partial charge in [0.05, 0.1) is 0 Å². The number of carbonyl (C=O) groups excluding carboxylic acids is 1. The van der Waals surface area contributed by atoms with Crippen LogP contribution in [0.15, 0.2) is 12.1 Å². The smallest absolute Gasteiger partial charge is 0.254 e. The molecule has 2 heterocycles. The van der Waals surface area contributed by atoms with Crippen LogP contribution in [-0.4, -0.2) is 53.9 Å². The Labute approximate surface area is 119 Å². The van der Waals surface area contributed by atoms with E-state index in [1.807, 2.05) is 17.9 Å². The fourth-order valence-electron chi connectivity index (χ4n) is 2.50. The summed E-state index contributed by atoms with van der Waals surface area (Å²) in [5, 5.41) is 0. The van der Waals surface area contributed by atoms with Crippen molar-refractivity contribution < 1.29 is 4.79 Å². The van der Waals surface area contributed by atoms with Gasteiger partial charge in [-0.25, -0.2) is 10.8 Å². The van der Waals surface area contributed by atoms with Gasteiger partial charge >= 0.3 is 0 Å². The van der Waals surface area contributed by atoms with Crippen LogP contribution in [-0.2, 0) is 6.42 Å². The molecular weight excluding hydrogens is 254 g/mol. The van der Waals surface area contributed by atoms with Gasteiger partial charge in [-0.2, -0.15) is 0 Å². The van der Waals surface area contributed by atoms with Gasteiger partial charge in [0, 0.05) is 30.4 Å². The van der Waals surface area contributed by atoms with Crippen molar-refractivity contribution in [1.29, 1.82) is 0 Å². The van der Waals surface area contributed by atoms with E-state index in [-0.39, 0.29) is 5.91 Å². The molecule has 1 aromatic heterocycles. The van der Waals surface area contributed by atoms with E-state index in [1.165, 1.54) is 0 Å². The van der Waals surface area contributed by atoms with Gasteiger partial charge in [-0.15, -0.1) is 0 Å². The summed E-state index contributed by atoms with van der Waals surface area (Å²) in [6.07, 6.45) is 1.79. The SMILES string of the molecule is CCc1cc(C(=O)N2CCC(N(C)C)C2)cc(NN)n1. The molecule has 0 aromatic carbocycles. The Morgan fingerprint density at radius 2 is 2.30 bits per heavy atom. The highest BCUT2D eigenvalue weighted by atomic mass is 16.2. The van der Waals surface area contributed by atoms with Gasteiger partial charge in [0.2, 0.25) is 0 Å². The monoisotopic (exact) mass is 277 g/mol. The Morgan fingerprint density at radius 1 is 1.55 bits per heavy atom. The number of nitrogens with zero attached hydrogens (tertiary/aromatic N) is 3. The summed E-state index contributed by atoms with van der Waals surface area (Å²) in [6.45, 7) is 3.59. The first-order valence-corrected chi connectivity index (χ1v) is 6.98. The first-order valence-electron chi connectivity index (χ1n) is 6.98. The number of aromatic nitrogens is 1. The molecule has 6 nitrogen and oxygen atoms in total. The number of nitrogens with one attached hydrogen (secondary N) is 1. The van der Waals surface area contributed by atoms with Crippen LogP contribution in [0, 0.1) is 0 Å². The zero-order valence-corrected chi connectivity index (χ0v) is 12.4. The van der Waals surface area contributed by atoms with E-state index in [2.05, 4.69) is 29.4 Å². The Morgan fingerprint density at radius 3 is 2.85 bits per heavy atom. The molecule has 1 aliphatic heterocycles. The lowest BCUT2D eigenvalue weighted by atomic mass is 10.1. The molecule has 1 amide bonds. The number of nitrogen functional groups attached to an aromatic ring is 1. The molecule has 20 heavy (non-hydrogen) atoms. The van der Waals surface area contributed by atoms with Crippen molar-refractivity contribution >= 4 is 11.7 Å². The van der Waals surface area contributed by atoms with Crippen molar-refractivity contribution in [1.82, 2.24) is 14.8 Å². The molecule has 1 aromatic rings. The zero-order chi connectivity index (χ0) is 14.7. The summed E-state index contributed by atoms with van der Waals surface area (Å²) in [7, 11) is 4.10. The second-order valence-electron chi connectivity index (χ2n) is 5.39. The first kappa shape index (κ1) is 14.7. The number of nitrogens with two attached hydrogens (primary N) is 1. The normalized spacial score (nSPS) is 18.6. The Bertz CT molecular complexity index is 466. The van der Waals surface area contributed by atoms with Crippen LogP contribution in [0.1, 0.15) is 29.4 Å². The number of carbonyl (C=O) groups is 1. The quantitative estimate of drug-likeness (QED) is 0.626. The third-order valence-electron chi connectivity index (χ3n) is 3.82. The molecule has 2 rings (SSSR count). The van der Waals surface area contributed by atoms with Crippen molar-refractivity contribution in [2.24, 2.45) is 5.84 Å². The summed E-state index contributed by atoms with van der Waals surface area (Å²) in [5.41, 5.74) is 4.05. The fraction of sp³-hybridized carbons (Fsp3) is 0.571. The van der Waals surface area contributed by atoms with Gasteiger partial charge in [-0.3, -0.25) is 4.79 Å². The molecule has 0 saturated carbocycles. The Kier molecular flexibility index (Phi) is 4.57. The summed E-state index contributed by atoms with van der Waals surface area (Å²) in [4.78, 5) is 20.9. The number of amides is 1. The number of aryl methyl sites for hydroxylation is 1. The minimum Gasteiger partial charge on any atom is -0.337 e. The Hall–Kier alpha value is -1.66. The number of likely N-dealkylation sites (tertiary alicyclic amines) is 1. The third kappa shape index (κ3) is 3.08. The van der Waals surface area contributed by atoms with E-state index in [0.29, 0.717) is 17.4 Å². The number of hydrogen-bond acceptors (Lipinski definition) is 5. The van der Waals surface area contributed by atoms with Crippen LogP contribution >= 0.6 is 0 Å². The van der Waals surface area contributed by atoms with E-state index in [0.717, 1.165) is 31.6 Å². The van der Waals surface area contributed by atoms with Gasteiger partial charge in [-0.05, 0) is 39.1 Å². The Balaban J connectivity index is 2.17. The predicted octanol–water partition coefficient (Wildman–Crippen LogP) is 0.706. The van der Waals surface area contributed by atoms with Gasteiger partial charge in [0.1, 0.15) is 5.82 Å². The van der Waals surface area contributed by atoms with Gasteiger partial charge in [0.15, 0.2) is 0 Å². The maximum Gasteiger partial charge on any atom is 0.254 e. The minimum atomic E-state index is 0.0583. The number of rotatable bonds is 4. The average molecular weight is 277 g/mol. The molecule has 0 bridgehead atoms. The van der Waals surface area contributed by atoms with E-state index in [1.54, 1.807) is 6.07 Å². The maximum absolute atomic E-state index is 12.6. The van der Waals surface area contributed by atoms with Crippen molar-refractivity contribution in [2.45, 2.75) is 25.8 Å². The maximum atomic E-state index is 12.6. The van der Waals surface area contributed by atoms with Crippen molar-refractivity contribution in [2.75, 3.05) is 32.6 Å². The summed E-state index contributed by atoms with van der Waals surface area (Å²) < 4.78 is 0. The summed E-state index contributed by atoms with van der Waals surface area (Å²) in [5.74, 6) is 6.01. The van der Waals surface area contributed by atoms with Crippen LogP contribution in [0.4, 0.5) is 5.82 Å². The molecule has 110 valence electrons. The van der Waals surface area contributed by atoms with Crippen LogP contribution in [0.5, 0.6) is 0 Å². The molecule has 1 fully saturated rings. The van der Waals surface area contributed by atoms with E-state index in [9.17, 15) is 4.79 Å². The number of anilines is 1. The molecular formula is C14H23N5O. The molecule has 0 spiro atoms. The molecule has 3 N–H and O–H groups in total. The summed E-state index contributed by atoms with van der Waals surface area (Å²) >= 11 is 0. The molecule has 1 saturated heterocycles. The molecule has 1 unspecified atom stereocenters. The van der Waals surface area contributed by atoms with Gasteiger partial charge in [-0.1, -0.05) is 6.92 Å². The second kappa shape index (κ2) is 6.19. The van der Waals surface area contributed by atoms with E-state index >= 15 is 0 Å². The molecule has 1 aliphatic rings. The average Bonchev–Trinajstić information content (AvgIpc) is 2.95. The predicted molar refractivity (Wildman–Crippen MR) is 79.4 cm³/mol. The largest absolute Gasteiger partial charge is 0.337 e. The molecule has 0 aliphatic carbocycles. The van der Waals surface area contributed by atoms with Crippen LogP contribution in [0.25, 0.3) is 0 Å². The van der Waals surface area contributed by atoms with Gasteiger partial charge < -0.3 is 15.2 Å². The zero-order valence-electron chi connectivity index (χ0n) is 12.4. The highest BCUT2D eigenvalue weighted by Gasteiger charge is 2.28. The molecule has 6 heteroatoms. The third-order valence-corrected chi connectivity index (χ3v) is 3.82. The standard InChI is InChI=1S/C14H23N5O/c1-4-11-7-10(8-13(16-11)17-15)14(20)19-6-5-12(9-19)18(2)3/h7-8,12H,4-6,9,15H2,1-3H3,(H,16,17). The number of hydrogen-bond donors (Lipinski definition) is 2. The first-order chi connectivity index (χ1) is 9.55.